The van der Waals surface area contributed by atoms with Gasteiger partial charge in [0.05, 0.1) is 11.6 Å². The number of anilines is 1. The maximum absolute atomic E-state index is 12.7. The van der Waals surface area contributed by atoms with Crippen LogP contribution >= 0.6 is 0 Å². The molecule has 3 atom stereocenters. The first-order valence-corrected chi connectivity index (χ1v) is 12.0. The molecule has 1 aromatic heterocycles. The Labute approximate surface area is 200 Å². The molecule has 0 radical (unpaired) electrons. The molecule has 2 heterocycles. The number of carbonyl (C=O) groups is 1. The number of nitrogens with zero attached hydrogens (tertiary/aromatic N) is 4. The summed E-state index contributed by atoms with van der Waals surface area (Å²) in [6.07, 6.45) is 2.20. The van der Waals surface area contributed by atoms with Gasteiger partial charge in [0.25, 0.3) is 0 Å². The van der Waals surface area contributed by atoms with Crippen LogP contribution in [0.1, 0.15) is 36.2 Å². The van der Waals surface area contributed by atoms with E-state index in [4.69, 9.17) is 15.7 Å². The lowest BCUT2D eigenvalue weighted by Gasteiger charge is -2.36. The zero-order valence-corrected chi connectivity index (χ0v) is 19.6. The Morgan fingerprint density at radius 1 is 1.21 bits per heavy atom. The van der Waals surface area contributed by atoms with Crippen molar-refractivity contribution in [2.75, 3.05) is 12.3 Å². The molecule has 0 amide bonds. The van der Waals surface area contributed by atoms with Gasteiger partial charge in [0.15, 0.2) is 6.29 Å². The number of nitrogens with two attached hydrogens (primary N) is 1. The van der Waals surface area contributed by atoms with Crippen LogP contribution in [-0.2, 0) is 11.0 Å². The predicted molar refractivity (Wildman–Crippen MR) is 131 cm³/mol. The van der Waals surface area contributed by atoms with E-state index in [2.05, 4.69) is 11.7 Å². The van der Waals surface area contributed by atoms with Gasteiger partial charge in [-0.1, -0.05) is 24.8 Å². The zero-order valence-electron chi connectivity index (χ0n) is 18.8. The minimum Gasteiger partial charge on any atom is -0.457 e. The number of allylic oxidation sites excluding steroid dienone is 1. The number of rotatable bonds is 7. The van der Waals surface area contributed by atoms with Gasteiger partial charge in [0.2, 0.25) is 0 Å². The number of hydrogen-bond acceptors (Lipinski definition) is 6. The van der Waals surface area contributed by atoms with Crippen molar-refractivity contribution in [3.63, 3.8) is 0 Å². The van der Waals surface area contributed by atoms with Gasteiger partial charge in [0, 0.05) is 18.2 Å². The van der Waals surface area contributed by atoms with Gasteiger partial charge in [-0.15, -0.1) is 0 Å². The van der Waals surface area contributed by atoms with Gasteiger partial charge in [-0.3, -0.25) is 4.79 Å². The molecule has 2 N–H and O–H groups in total. The molecule has 3 aromatic rings. The van der Waals surface area contributed by atoms with E-state index in [1.165, 1.54) is 0 Å². The van der Waals surface area contributed by atoms with Crippen LogP contribution in [0.2, 0.25) is 0 Å². The summed E-state index contributed by atoms with van der Waals surface area (Å²) in [5.74, 6) is 1.65. The lowest BCUT2D eigenvalue weighted by Crippen LogP contribution is -2.44. The van der Waals surface area contributed by atoms with Crippen molar-refractivity contribution in [1.82, 2.24) is 14.1 Å². The van der Waals surface area contributed by atoms with Gasteiger partial charge < -0.3 is 10.5 Å². The molecule has 0 spiro atoms. The second kappa shape index (κ2) is 10.0. The number of ether oxygens (including phenoxy) is 1. The molecule has 9 heteroatoms. The molecule has 2 aromatic carbocycles. The number of benzene rings is 2. The molecule has 174 valence electrons. The highest BCUT2D eigenvalue weighted by Gasteiger charge is 2.33. The Hall–Kier alpha value is -3.74. The molecule has 1 fully saturated rings. The number of hydrogen-bond donors (Lipinski definition) is 1. The van der Waals surface area contributed by atoms with Crippen molar-refractivity contribution in [1.29, 1.82) is 5.26 Å². The van der Waals surface area contributed by atoms with Crippen LogP contribution in [0.3, 0.4) is 0 Å². The van der Waals surface area contributed by atoms with Crippen molar-refractivity contribution in [2.45, 2.75) is 31.8 Å². The van der Waals surface area contributed by atoms with Crippen LogP contribution in [0.4, 0.5) is 5.82 Å². The van der Waals surface area contributed by atoms with E-state index >= 15 is 0 Å². The summed E-state index contributed by atoms with van der Waals surface area (Å²) in [6.45, 7) is 5.94. The lowest BCUT2D eigenvalue weighted by molar-refractivity contribution is 0.112. The monoisotopic (exact) mass is 475 g/mol. The second-order valence-electron chi connectivity index (χ2n) is 8.11. The summed E-state index contributed by atoms with van der Waals surface area (Å²) >= 11 is 0. The lowest BCUT2D eigenvalue weighted by atomic mass is 10.0. The normalized spacial score (nSPS) is 19.2. The minimum atomic E-state index is -1.63. The Balaban J connectivity index is 1.60. The number of para-hydroxylation sites is 1. The second-order valence-corrected chi connectivity index (χ2v) is 9.57. The Morgan fingerprint density at radius 2 is 1.88 bits per heavy atom. The number of carbonyl (C=O) groups excluding carboxylic acids is 1. The van der Waals surface area contributed by atoms with Crippen LogP contribution in [0, 0.1) is 11.3 Å². The molecule has 8 nitrogen and oxygen atoms in total. The molecule has 1 aliphatic heterocycles. The molecule has 1 saturated heterocycles. The van der Waals surface area contributed by atoms with E-state index < -0.39 is 11.0 Å². The smallest absolute Gasteiger partial charge is 0.156 e. The van der Waals surface area contributed by atoms with Crippen LogP contribution < -0.4 is 10.5 Å². The average molecular weight is 476 g/mol. The van der Waals surface area contributed by atoms with Crippen LogP contribution in [0.15, 0.2) is 66.1 Å². The Morgan fingerprint density at radius 3 is 2.53 bits per heavy atom. The summed E-state index contributed by atoms with van der Waals surface area (Å²) < 4.78 is 21.9. The molecule has 0 aliphatic carbocycles. The van der Waals surface area contributed by atoms with E-state index in [1.807, 2.05) is 67.6 Å². The van der Waals surface area contributed by atoms with E-state index in [-0.39, 0.29) is 22.8 Å². The number of nitrogen functional groups attached to an aromatic ring is 1. The molecular weight excluding hydrogens is 450 g/mol. The Kier molecular flexibility index (Phi) is 6.91. The maximum atomic E-state index is 12.7. The third-order valence-corrected chi connectivity index (χ3v) is 7.35. The molecule has 4 rings (SSSR count). The average Bonchev–Trinajstić information content (AvgIpc) is 3.20. The first kappa shape index (κ1) is 23.4. The van der Waals surface area contributed by atoms with E-state index in [9.17, 15) is 9.00 Å². The van der Waals surface area contributed by atoms with E-state index in [1.54, 1.807) is 8.99 Å². The largest absolute Gasteiger partial charge is 0.457 e. The topological polar surface area (TPSA) is 114 Å². The maximum Gasteiger partial charge on any atom is 0.156 e. The Bertz CT molecular complexity index is 1260. The van der Waals surface area contributed by atoms with E-state index in [0.717, 1.165) is 24.2 Å². The fourth-order valence-corrected chi connectivity index (χ4v) is 5.14. The highest BCUT2D eigenvalue weighted by molar-refractivity contribution is 7.87. The van der Waals surface area contributed by atoms with Crippen molar-refractivity contribution < 1.29 is 13.7 Å². The summed E-state index contributed by atoms with van der Waals surface area (Å²) in [5, 5.41) is 13.8. The SMILES string of the molecule is C=C(C#N)S(=O)N1CC(n2nc(-c3ccc(Oc4ccccc4)cc3)c(C=O)c2N)CCC1C. The number of nitriles is 1. The molecule has 34 heavy (non-hydrogen) atoms. The number of aromatic nitrogens is 2. The van der Waals surface area contributed by atoms with Crippen molar-refractivity contribution in [3.8, 4) is 28.8 Å². The molecule has 3 unspecified atom stereocenters. The van der Waals surface area contributed by atoms with Gasteiger partial charge in [-0.05, 0) is 56.2 Å². The number of piperidine rings is 1. The van der Waals surface area contributed by atoms with Gasteiger partial charge in [0.1, 0.15) is 45.0 Å². The highest BCUT2D eigenvalue weighted by atomic mass is 32.2. The number of aldehydes is 1. The standard InChI is InChI=1S/C25H25N5O3S/c1-17-8-11-20(15-29(17)34(32)18(2)14-26)30-25(27)23(16-31)24(28-30)19-9-12-22(13-10-19)33-21-6-4-3-5-7-21/h3-7,9-10,12-13,16-17,20H,2,8,11,15,27H2,1H3. The van der Waals surface area contributed by atoms with Crippen LogP contribution in [0.5, 0.6) is 11.5 Å². The first-order valence-electron chi connectivity index (χ1n) is 10.9. The molecular formula is C25H25N5O3S. The molecule has 0 saturated carbocycles. The third-order valence-electron chi connectivity index (χ3n) is 5.90. The molecule has 1 aliphatic rings. The summed E-state index contributed by atoms with van der Waals surface area (Å²) in [6, 6.07) is 18.4. The van der Waals surface area contributed by atoms with Crippen molar-refractivity contribution in [3.05, 3.63) is 71.6 Å². The van der Waals surface area contributed by atoms with E-state index in [0.29, 0.717) is 29.8 Å². The van der Waals surface area contributed by atoms with Gasteiger partial charge >= 0.3 is 0 Å². The van der Waals surface area contributed by atoms with Gasteiger partial charge in [-0.25, -0.2) is 13.2 Å². The summed E-state index contributed by atoms with van der Waals surface area (Å²) in [7, 11) is -1.63. The van der Waals surface area contributed by atoms with Crippen LogP contribution in [-0.4, -0.2) is 37.2 Å². The highest BCUT2D eigenvalue weighted by Crippen LogP contribution is 2.34. The minimum absolute atomic E-state index is 0.00742. The van der Waals surface area contributed by atoms with Crippen LogP contribution in [0.25, 0.3) is 11.3 Å². The zero-order chi connectivity index (χ0) is 24.2. The van der Waals surface area contributed by atoms with Gasteiger partial charge in [-0.2, -0.15) is 10.4 Å². The summed E-state index contributed by atoms with van der Waals surface area (Å²) in [5.41, 5.74) is 7.86. The fourth-order valence-electron chi connectivity index (χ4n) is 4.04. The fraction of sp³-hybridized carbons (Fsp3) is 0.240. The first-order chi connectivity index (χ1) is 16.4. The predicted octanol–water partition coefficient (Wildman–Crippen LogP) is 4.46. The van der Waals surface area contributed by atoms with Crippen molar-refractivity contribution >= 4 is 23.1 Å². The quantitative estimate of drug-likeness (QED) is 0.398. The van der Waals surface area contributed by atoms with Crippen molar-refractivity contribution in [2.24, 2.45) is 0 Å². The molecule has 0 bridgehead atoms. The third kappa shape index (κ3) is 4.64. The summed E-state index contributed by atoms with van der Waals surface area (Å²) in [4.78, 5) is 11.9.